The molecule has 0 unspecified atom stereocenters. The molecule has 1 heterocycles. The summed E-state index contributed by atoms with van der Waals surface area (Å²) in [6, 6.07) is 4.96. The molecule has 2 rings (SSSR count). The highest BCUT2D eigenvalue weighted by atomic mass is 19.3. The van der Waals surface area contributed by atoms with E-state index in [4.69, 9.17) is 4.74 Å². The van der Waals surface area contributed by atoms with Gasteiger partial charge in [0.1, 0.15) is 6.61 Å². The van der Waals surface area contributed by atoms with Crippen LogP contribution in [0.5, 0.6) is 0 Å². The van der Waals surface area contributed by atoms with Gasteiger partial charge in [0.05, 0.1) is 6.61 Å². The van der Waals surface area contributed by atoms with Crippen LogP contribution in [0.25, 0.3) is 0 Å². The number of fused-ring (bicyclic) bond motifs is 1. The Balaban J connectivity index is 2.58. The average Bonchev–Trinajstić information content (AvgIpc) is 2.06. The van der Waals surface area contributed by atoms with Gasteiger partial charge in [-0.2, -0.15) is 8.78 Å². The second-order valence-corrected chi connectivity index (χ2v) is 3.30. The van der Waals surface area contributed by atoms with E-state index in [0.29, 0.717) is 12.2 Å². The van der Waals surface area contributed by atoms with E-state index in [1.807, 2.05) is 13.0 Å². The number of aryl methyl sites for hydroxylation is 1. The second-order valence-electron chi connectivity index (χ2n) is 3.30. The van der Waals surface area contributed by atoms with Crippen molar-refractivity contribution in [2.45, 2.75) is 19.5 Å². The minimum absolute atomic E-state index is 0.124. The number of hydrogen-bond acceptors (Lipinski definition) is 1. The predicted molar refractivity (Wildman–Crippen MR) is 44.7 cm³/mol. The fourth-order valence-electron chi connectivity index (χ4n) is 1.60. The number of benzene rings is 1. The van der Waals surface area contributed by atoms with Gasteiger partial charge in [0, 0.05) is 5.56 Å². The Kier molecular flexibility index (Phi) is 1.84. The SMILES string of the molecule is Cc1cccc2c1COCC2(F)F. The second kappa shape index (κ2) is 2.77. The zero-order chi connectivity index (χ0) is 9.47. The first-order valence-electron chi connectivity index (χ1n) is 4.16. The first-order chi connectivity index (χ1) is 6.11. The molecule has 70 valence electrons. The van der Waals surface area contributed by atoms with E-state index < -0.39 is 12.5 Å². The summed E-state index contributed by atoms with van der Waals surface area (Å²) >= 11 is 0. The van der Waals surface area contributed by atoms with Crippen LogP contribution in [0, 0.1) is 6.92 Å². The van der Waals surface area contributed by atoms with Crippen LogP contribution in [0.15, 0.2) is 18.2 Å². The van der Waals surface area contributed by atoms with Gasteiger partial charge in [-0.25, -0.2) is 0 Å². The van der Waals surface area contributed by atoms with E-state index >= 15 is 0 Å². The van der Waals surface area contributed by atoms with Gasteiger partial charge in [-0.05, 0) is 18.1 Å². The smallest absolute Gasteiger partial charge is 0.296 e. The van der Waals surface area contributed by atoms with Crippen LogP contribution in [0.4, 0.5) is 8.78 Å². The Bertz CT molecular complexity index is 334. The normalized spacial score (nSPS) is 19.6. The van der Waals surface area contributed by atoms with Crippen LogP contribution >= 0.6 is 0 Å². The van der Waals surface area contributed by atoms with Gasteiger partial charge in [0.15, 0.2) is 0 Å². The molecule has 0 bridgehead atoms. The minimum atomic E-state index is -2.82. The summed E-state index contributed by atoms with van der Waals surface area (Å²) in [5.41, 5.74) is 1.63. The van der Waals surface area contributed by atoms with Gasteiger partial charge in [0.2, 0.25) is 0 Å². The van der Waals surface area contributed by atoms with Crippen LogP contribution in [0.3, 0.4) is 0 Å². The number of alkyl halides is 2. The molecule has 0 spiro atoms. The monoisotopic (exact) mass is 184 g/mol. The van der Waals surface area contributed by atoms with Crippen LogP contribution in [0.2, 0.25) is 0 Å². The zero-order valence-corrected chi connectivity index (χ0v) is 7.31. The molecule has 0 saturated carbocycles. The molecule has 1 aromatic rings. The molecule has 1 nitrogen and oxygen atoms in total. The molecular weight excluding hydrogens is 174 g/mol. The molecule has 0 amide bonds. The van der Waals surface area contributed by atoms with E-state index in [1.165, 1.54) is 6.07 Å². The van der Waals surface area contributed by atoms with Crippen LogP contribution in [-0.4, -0.2) is 6.61 Å². The Morgan fingerprint density at radius 3 is 2.85 bits per heavy atom. The van der Waals surface area contributed by atoms with Gasteiger partial charge in [-0.15, -0.1) is 0 Å². The molecule has 3 heteroatoms. The van der Waals surface area contributed by atoms with E-state index in [2.05, 4.69) is 0 Å². The average molecular weight is 184 g/mol. The molecule has 0 aliphatic carbocycles. The Morgan fingerprint density at radius 1 is 1.38 bits per heavy atom. The Morgan fingerprint density at radius 2 is 2.15 bits per heavy atom. The summed E-state index contributed by atoms with van der Waals surface area (Å²) in [7, 11) is 0. The summed E-state index contributed by atoms with van der Waals surface area (Å²) in [5.74, 6) is -2.82. The van der Waals surface area contributed by atoms with Crippen molar-refractivity contribution in [3.63, 3.8) is 0 Å². The number of halogens is 2. The molecule has 1 aromatic carbocycles. The molecule has 0 saturated heterocycles. The lowest BCUT2D eigenvalue weighted by atomic mass is 9.96. The fourth-order valence-corrected chi connectivity index (χ4v) is 1.60. The highest BCUT2D eigenvalue weighted by Gasteiger charge is 2.37. The lowest BCUT2D eigenvalue weighted by molar-refractivity contribution is -0.103. The lowest BCUT2D eigenvalue weighted by Crippen LogP contribution is -2.28. The van der Waals surface area contributed by atoms with E-state index in [1.54, 1.807) is 6.07 Å². The first-order valence-corrected chi connectivity index (χ1v) is 4.16. The summed E-state index contributed by atoms with van der Waals surface area (Å²) in [6.07, 6.45) is 0. The van der Waals surface area contributed by atoms with Gasteiger partial charge in [-0.1, -0.05) is 18.2 Å². The van der Waals surface area contributed by atoms with Crippen molar-refractivity contribution in [1.82, 2.24) is 0 Å². The molecule has 0 aromatic heterocycles. The number of rotatable bonds is 0. The largest absolute Gasteiger partial charge is 0.370 e. The summed E-state index contributed by atoms with van der Waals surface area (Å²) in [5, 5.41) is 0. The van der Waals surface area contributed by atoms with Crippen molar-refractivity contribution in [2.75, 3.05) is 6.61 Å². The maximum absolute atomic E-state index is 13.3. The van der Waals surface area contributed by atoms with Crippen LogP contribution < -0.4 is 0 Å². The highest BCUT2D eigenvalue weighted by Crippen LogP contribution is 2.36. The number of ether oxygens (including phenoxy) is 1. The molecule has 0 radical (unpaired) electrons. The topological polar surface area (TPSA) is 9.23 Å². The van der Waals surface area contributed by atoms with Gasteiger partial charge in [0.25, 0.3) is 5.92 Å². The molecule has 13 heavy (non-hydrogen) atoms. The zero-order valence-electron chi connectivity index (χ0n) is 7.31. The van der Waals surface area contributed by atoms with E-state index in [9.17, 15) is 8.78 Å². The standard InChI is InChI=1S/C10H10F2O/c1-7-3-2-4-9-8(7)5-13-6-10(9,11)12/h2-4H,5-6H2,1H3. The maximum Gasteiger partial charge on any atom is 0.296 e. The third-order valence-electron chi connectivity index (χ3n) is 2.33. The Hall–Kier alpha value is -0.960. The van der Waals surface area contributed by atoms with Crippen LogP contribution in [-0.2, 0) is 17.3 Å². The van der Waals surface area contributed by atoms with Gasteiger partial charge < -0.3 is 4.74 Å². The molecule has 0 fully saturated rings. The maximum atomic E-state index is 13.3. The summed E-state index contributed by atoms with van der Waals surface area (Å²) in [4.78, 5) is 0. The van der Waals surface area contributed by atoms with Gasteiger partial charge >= 0.3 is 0 Å². The van der Waals surface area contributed by atoms with Crippen LogP contribution in [0.1, 0.15) is 16.7 Å². The summed E-state index contributed by atoms with van der Waals surface area (Å²) < 4.78 is 31.3. The molecule has 1 aliphatic heterocycles. The Labute approximate surface area is 75.3 Å². The third-order valence-corrected chi connectivity index (χ3v) is 2.33. The quantitative estimate of drug-likeness (QED) is 0.602. The van der Waals surface area contributed by atoms with Crippen molar-refractivity contribution in [3.05, 3.63) is 34.9 Å². The fraction of sp³-hybridized carbons (Fsp3) is 0.400. The van der Waals surface area contributed by atoms with E-state index in [-0.39, 0.29) is 5.56 Å². The minimum Gasteiger partial charge on any atom is -0.370 e. The predicted octanol–water partition coefficient (Wildman–Crippen LogP) is 2.62. The van der Waals surface area contributed by atoms with Crippen molar-refractivity contribution in [2.24, 2.45) is 0 Å². The van der Waals surface area contributed by atoms with Crippen molar-refractivity contribution >= 4 is 0 Å². The van der Waals surface area contributed by atoms with Crippen molar-refractivity contribution < 1.29 is 13.5 Å². The van der Waals surface area contributed by atoms with Crippen molar-refractivity contribution in [1.29, 1.82) is 0 Å². The molecule has 1 aliphatic rings. The van der Waals surface area contributed by atoms with Gasteiger partial charge in [-0.3, -0.25) is 0 Å². The van der Waals surface area contributed by atoms with Crippen molar-refractivity contribution in [3.8, 4) is 0 Å². The lowest BCUT2D eigenvalue weighted by Gasteiger charge is -2.26. The first kappa shape index (κ1) is 8.63. The molecular formula is C10H10F2O. The third kappa shape index (κ3) is 1.33. The van der Waals surface area contributed by atoms with E-state index in [0.717, 1.165) is 5.56 Å². The highest BCUT2D eigenvalue weighted by molar-refractivity contribution is 5.37. The molecule has 0 N–H and O–H groups in total. The number of hydrogen-bond donors (Lipinski definition) is 0. The summed E-state index contributed by atoms with van der Waals surface area (Å²) in [6.45, 7) is 1.63. The molecule has 0 atom stereocenters.